The van der Waals surface area contributed by atoms with Crippen LogP contribution in [-0.4, -0.2) is 42.0 Å². The number of carbonyl (C=O) groups excluding carboxylic acids is 1. The molecule has 4 rings (SSSR count). The van der Waals surface area contributed by atoms with E-state index in [1.54, 1.807) is 0 Å². The molecular weight excluding hydrogens is 392 g/mol. The summed E-state index contributed by atoms with van der Waals surface area (Å²) in [6.07, 6.45) is 12.2. The average molecular weight is 433 g/mol. The second-order valence-corrected chi connectivity index (χ2v) is 9.90. The summed E-state index contributed by atoms with van der Waals surface area (Å²) in [5.41, 5.74) is 2.90. The molecule has 2 heterocycles. The van der Waals surface area contributed by atoms with E-state index in [4.69, 9.17) is 0 Å². The smallest absolute Gasteiger partial charge is 0.319 e. The zero-order valence-electron chi connectivity index (χ0n) is 19.6. The van der Waals surface area contributed by atoms with Gasteiger partial charge in [-0.1, -0.05) is 60.7 Å². The molecule has 0 bridgehead atoms. The van der Waals surface area contributed by atoms with Crippen LogP contribution in [0.2, 0.25) is 0 Å². The lowest BCUT2D eigenvalue weighted by atomic mass is 9.90. The number of benzene rings is 2. The fourth-order valence-electron chi connectivity index (χ4n) is 5.50. The minimum Gasteiger partial charge on any atom is -0.325 e. The first-order valence-corrected chi connectivity index (χ1v) is 12.9. The van der Waals surface area contributed by atoms with Crippen molar-refractivity contribution in [1.82, 2.24) is 9.80 Å². The maximum atomic E-state index is 13.0. The molecule has 0 saturated carbocycles. The number of piperidine rings is 2. The molecule has 2 aliphatic rings. The van der Waals surface area contributed by atoms with Crippen LogP contribution in [0.3, 0.4) is 0 Å². The molecule has 0 aliphatic carbocycles. The molecule has 3 heteroatoms. The molecule has 0 unspecified atom stereocenters. The Bertz CT molecular complexity index is 723. The Kier molecular flexibility index (Phi) is 8.64. The number of nitrogens with zero attached hydrogens (tertiary/aromatic N) is 2. The number of aryl methyl sites for hydroxylation is 2. The minimum absolute atomic E-state index is 0.301. The summed E-state index contributed by atoms with van der Waals surface area (Å²) in [5, 5.41) is 0. The highest BCUT2D eigenvalue weighted by molar-refractivity contribution is 5.74. The van der Waals surface area contributed by atoms with Crippen LogP contribution >= 0.6 is 0 Å². The van der Waals surface area contributed by atoms with Crippen LogP contribution in [0.4, 0.5) is 4.79 Å². The van der Waals surface area contributed by atoms with Gasteiger partial charge in [-0.15, -0.1) is 0 Å². The lowest BCUT2D eigenvalue weighted by Crippen LogP contribution is -2.49. The Hall–Kier alpha value is -2.29. The second-order valence-electron chi connectivity index (χ2n) is 9.90. The molecule has 2 aromatic rings. The van der Waals surface area contributed by atoms with E-state index in [0.717, 1.165) is 38.0 Å². The number of hydrogen-bond donors (Lipinski definition) is 0. The van der Waals surface area contributed by atoms with Gasteiger partial charge in [0.25, 0.3) is 0 Å². The van der Waals surface area contributed by atoms with Crippen molar-refractivity contribution in [1.29, 1.82) is 0 Å². The van der Waals surface area contributed by atoms with Gasteiger partial charge in [-0.05, 0) is 87.2 Å². The summed E-state index contributed by atoms with van der Waals surface area (Å²) < 4.78 is 0. The molecular formula is C29H40N2O. The highest BCUT2D eigenvalue weighted by atomic mass is 16.2. The van der Waals surface area contributed by atoms with Gasteiger partial charge in [0, 0.05) is 26.2 Å². The summed E-state index contributed by atoms with van der Waals surface area (Å²) in [6.45, 7) is 3.80. The Morgan fingerprint density at radius 1 is 0.625 bits per heavy atom. The van der Waals surface area contributed by atoms with Gasteiger partial charge >= 0.3 is 6.03 Å². The molecule has 0 spiro atoms. The third kappa shape index (κ3) is 6.85. The van der Waals surface area contributed by atoms with Gasteiger partial charge < -0.3 is 9.80 Å². The molecule has 32 heavy (non-hydrogen) atoms. The van der Waals surface area contributed by atoms with E-state index in [1.165, 1.54) is 75.3 Å². The Morgan fingerprint density at radius 3 is 1.38 bits per heavy atom. The van der Waals surface area contributed by atoms with Crippen molar-refractivity contribution in [3.05, 3.63) is 71.8 Å². The lowest BCUT2D eigenvalue weighted by molar-refractivity contribution is 0.113. The van der Waals surface area contributed by atoms with Gasteiger partial charge in [0.15, 0.2) is 0 Å². The van der Waals surface area contributed by atoms with E-state index >= 15 is 0 Å². The predicted molar refractivity (Wildman–Crippen MR) is 133 cm³/mol. The standard InChI is InChI=1S/C29H40N2O/c32-29(30-21-17-27(18-22-30)15-7-13-25-9-3-1-4-10-25)31-23-19-28(20-24-31)16-8-14-26-11-5-2-6-12-26/h1-6,9-12,27-28H,7-8,13-24H2. The van der Waals surface area contributed by atoms with Crippen LogP contribution in [0.1, 0.15) is 62.5 Å². The number of hydrogen-bond acceptors (Lipinski definition) is 1. The van der Waals surface area contributed by atoms with E-state index in [0.29, 0.717) is 6.03 Å². The quantitative estimate of drug-likeness (QED) is 0.462. The fourth-order valence-corrected chi connectivity index (χ4v) is 5.50. The topological polar surface area (TPSA) is 23.6 Å². The first-order chi connectivity index (χ1) is 15.8. The lowest BCUT2D eigenvalue weighted by Gasteiger charge is -2.38. The molecule has 172 valence electrons. The first kappa shape index (κ1) is 22.9. The third-order valence-corrected chi connectivity index (χ3v) is 7.61. The summed E-state index contributed by atoms with van der Waals surface area (Å²) in [6, 6.07) is 21.9. The molecule has 0 N–H and O–H groups in total. The first-order valence-electron chi connectivity index (χ1n) is 12.9. The fraction of sp³-hybridized carbons (Fsp3) is 0.552. The van der Waals surface area contributed by atoms with Crippen molar-refractivity contribution in [2.45, 2.75) is 64.2 Å². The molecule has 0 aromatic heterocycles. The highest BCUT2D eigenvalue weighted by Gasteiger charge is 2.28. The van der Waals surface area contributed by atoms with Crippen LogP contribution in [0.25, 0.3) is 0 Å². The van der Waals surface area contributed by atoms with Gasteiger partial charge in [0.1, 0.15) is 0 Å². The van der Waals surface area contributed by atoms with Crippen molar-refractivity contribution in [2.75, 3.05) is 26.2 Å². The largest absolute Gasteiger partial charge is 0.325 e. The van der Waals surface area contributed by atoms with E-state index < -0.39 is 0 Å². The van der Waals surface area contributed by atoms with Crippen molar-refractivity contribution in [3.63, 3.8) is 0 Å². The van der Waals surface area contributed by atoms with Gasteiger partial charge in [-0.2, -0.15) is 0 Å². The number of rotatable bonds is 8. The zero-order chi connectivity index (χ0) is 22.0. The number of urea groups is 1. The average Bonchev–Trinajstić information content (AvgIpc) is 2.86. The molecule has 0 radical (unpaired) electrons. The van der Waals surface area contributed by atoms with Crippen LogP contribution in [0, 0.1) is 11.8 Å². The van der Waals surface area contributed by atoms with Crippen LogP contribution < -0.4 is 0 Å². The normalized spacial score (nSPS) is 18.1. The van der Waals surface area contributed by atoms with Crippen LogP contribution in [0.15, 0.2) is 60.7 Å². The molecule has 2 saturated heterocycles. The van der Waals surface area contributed by atoms with E-state index in [2.05, 4.69) is 70.5 Å². The highest BCUT2D eigenvalue weighted by Crippen LogP contribution is 2.26. The van der Waals surface area contributed by atoms with Crippen molar-refractivity contribution >= 4 is 6.03 Å². The molecule has 2 amide bonds. The van der Waals surface area contributed by atoms with Crippen molar-refractivity contribution < 1.29 is 4.79 Å². The maximum absolute atomic E-state index is 13.0. The monoisotopic (exact) mass is 432 g/mol. The van der Waals surface area contributed by atoms with Crippen molar-refractivity contribution in [3.8, 4) is 0 Å². The summed E-state index contributed by atoms with van der Waals surface area (Å²) in [7, 11) is 0. The molecule has 3 nitrogen and oxygen atoms in total. The van der Waals surface area contributed by atoms with Gasteiger partial charge in [-0.3, -0.25) is 0 Å². The Labute approximate surface area is 194 Å². The Morgan fingerprint density at radius 2 is 1.00 bits per heavy atom. The number of amides is 2. The number of carbonyl (C=O) groups is 1. The van der Waals surface area contributed by atoms with Gasteiger partial charge in [0.2, 0.25) is 0 Å². The number of likely N-dealkylation sites (tertiary alicyclic amines) is 2. The van der Waals surface area contributed by atoms with Crippen molar-refractivity contribution in [2.24, 2.45) is 11.8 Å². The van der Waals surface area contributed by atoms with Gasteiger partial charge in [-0.25, -0.2) is 4.79 Å². The second kappa shape index (κ2) is 12.1. The van der Waals surface area contributed by atoms with E-state index in [-0.39, 0.29) is 0 Å². The van der Waals surface area contributed by atoms with Crippen LogP contribution in [0.5, 0.6) is 0 Å². The molecule has 2 aliphatic heterocycles. The van der Waals surface area contributed by atoms with E-state index in [1.807, 2.05) is 0 Å². The van der Waals surface area contributed by atoms with Gasteiger partial charge in [0.05, 0.1) is 0 Å². The summed E-state index contributed by atoms with van der Waals surface area (Å²) in [5.74, 6) is 1.58. The zero-order valence-corrected chi connectivity index (χ0v) is 19.6. The Balaban J connectivity index is 1.09. The summed E-state index contributed by atoms with van der Waals surface area (Å²) in [4.78, 5) is 17.3. The summed E-state index contributed by atoms with van der Waals surface area (Å²) >= 11 is 0. The van der Waals surface area contributed by atoms with E-state index in [9.17, 15) is 4.79 Å². The molecule has 2 aromatic carbocycles. The molecule has 0 atom stereocenters. The minimum atomic E-state index is 0.301. The third-order valence-electron chi connectivity index (χ3n) is 7.61. The predicted octanol–water partition coefficient (Wildman–Crippen LogP) is 6.58. The molecule has 2 fully saturated rings. The van der Waals surface area contributed by atoms with Crippen LogP contribution in [-0.2, 0) is 12.8 Å². The SMILES string of the molecule is O=C(N1CCC(CCCc2ccccc2)CC1)N1CCC(CCCc2ccccc2)CC1. The maximum Gasteiger partial charge on any atom is 0.319 e.